The first-order chi connectivity index (χ1) is 9.56. The summed E-state index contributed by atoms with van der Waals surface area (Å²) in [6.45, 7) is 2.02. The molecule has 0 heterocycles. The van der Waals surface area contributed by atoms with E-state index >= 15 is 0 Å². The third-order valence-corrected chi connectivity index (χ3v) is 3.81. The Morgan fingerprint density at radius 2 is 1.90 bits per heavy atom. The molecule has 0 saturated carbocycles. The molecule has 0 aliphatic rings. The van der Waals surface area contributed by atoms with Gasteiger partial charge in [0.1, 0.15) is 5.75 Å². The normalized spacial score (nSPS) is 12.2. The molecule has 2 aromatic carbocycles. The van der Waals surface area contributed by atoms with Crippen LogP contribution in [0.5, 0.6) is 5.75 Å². The molecule has 0 aliphatic heterocycles. The molecule has 0 radical (unpaired) electrons. The second kappa shape index (κ2) is 6.26. The van der Waals surface area contributed by atoms with E-state index in [-0.39, 0.29) is 6.04 Å². The quantitative estimate of drug-likeness (QED) is 0.456. The Bertz CT molecular complexity index is 616. The van der Waals surface area contributed by atoms with Crippen LogP contribution in [0.1, 0.15) is 22.7 Å². The Hall–Kier alpha value is -1.56. The van der Waals surface area contributed by atoms with Crippen LogP contribution in [0.2, 0.25) is 0 Å². The lowest BCUT2D eigenvalue weighted by atomic mass is 9.94. The van der Waals surface area contributed by atoms with Crippen molar-refractivity contribution >= 4 is 21.6 Å². The van der Waals surface area contributed by atoms with E-state index in [0.717, 1.165) is 26.9 Å². The summed E-state index contributed by atoms with van der Waals surface area (Å²) < 4.78 is 6.19. The van der Waals surface area contributed by atoms with Crippen LogP contribution in [0.4, 0.5) is 5.69 Å². The fourth-order valence-electron chi connectivity index (χ4n) is 2.24. The monoisotopic (exact) mass is 335 g/mol. The summed E-state index contributed by atoms with van der Waals surface area (Å²) in [5.74, 6) is 6.57. The summed E-state index contributed by atoms with van der Waals surface area (Å²) in [4.78, 5) is 0. The summed E-state index contributed by atoms with van der Waals surface area (Å²) in [5, 5.41) is 0. The van der Waals surface area contributed by atoms with Crippen molar-refractivity contribution in [3.8, 4) is 5.75 Å². The van der Waals surface area contributed by atoms with Crippen molar-refractivity contribution in [1.29, 1.82) is 0 Å². The van der Waals surface area contributed by atoms with E-state index in [2.05, 4.69) is 21.4 Å². The lowest BCUT2D eigenvalue weighted by molar-refractivity contribution is 0.414. The van der Waals surface area contributed by atoms with Crippen LogP contribution < -0.4 is 21.7 Å². The highest BCUT2D eigenvalue weighted by atomic mass is 79.9. The molecule has 0 aliphatic carbocycles. The zero-order valence-electron chi connectivity index (χ0n) is 11.5. The van der Waals surface area contributed by atoms with Crippen molar-refractivity contribution in [3.63, 3.8) is 0 Å². The number of nitrogens with one attached hydrogen (secondary N) is 1. The van der Waals surface area contributed by atoms with Crippen LogP contribution in [-0.2, 0) is 0 Å². The standard InChI is InChI=1S/C15H18BrN3O/c1-9-7-11(20-2)4-5-12(9)15(19-18)13-8-10(16)3-6-14(13)17/h3-8,15,19H,17-18H2,1-2H3. The smallest absolute Gasteiger partial charge is 0.119 e. The number of halogens is 1. The summed E-state index contributed by atoms with van der Waals surface area (Å²) in [6, 6.07) is 11.5. The van der Waals surface area contributed by atoms with Gasteiger partial charge in [-0.15, -0.1) is 0 Å². The minimum atomic E-state index is -0.168. The molecule has 2 rings (SSSR count). The molecule has 2 aromatic rings. The third kappa shape index (κ3) is 2.95. The van der Waals surface area contributed by atoms with Gasteiger partial charge in [-0.05, 0) is 53.9 Å². The average Bonchev–Trinajstić information content (AvgIpc) is 2.44. The molecular formula is C15H18BrN3O. The van der Waals surface area contributed by atoms with E-state index in [1.807, 2.05) is 43.3 Å². The van der Waals surface area contributed by atoms with Gasteiger partial charge in [0.25, 0.3) is 0 Å². The Morgan fingerprint density at radius 3 is 2.50 bits per heavy atom. The molecule has 5 N–H and O–H groups in total. The molecule has 0 fully saturated rings. The van der Waals surface area contributed by atoms with Gasteiger partial charge in [0.15, 0.2) is 0 Å². The third-order valence-electron chi connectivity index (χ3n) is 3.31. The number of hydrazine groups is 1. The fourth-order valence-corrected chi connectivity index (χ4v) is 2.62. The lowest BCUT2D eigenvalue weighted by Crippen LogP contribution is -2.30. The Kier molecular flexibility index (Phi) is 4.65. The molecule has 0 bridgehead atoms. The number of hydrogen-bond acceptors (Lipinski definition) is 4. The number of methoxy groups -OCH3 is 1. The summed E-state index contributed by atoms with van der Waals surface area (Å²) in [7, 11) is 1.65. The molecule has 1 unspecified atom stereocenters. The summed E-state index contributed by atoms with van der Waals surface area (Å²) in [5.41, 5.74) is 12.7. The second-order valence-electron chi connectivity index (χ2n) is 4.60. The predicted molar refractivity (Wildman–Crippen MR) is 85.5 cm³/mol. The Labute approximate surface area is 127 Å². The summed E-state index contributed by atoms with van der Waals surface area (Å²) >= 11 is 3.46. The van der Waals surface area contributed by atoms with Crippen molar-refractivity contribution in [2.45, 2.75) is 13.0 Å². The Balaban J connectivity index is 2.49. The molecule has 0 spiro atoms. The SMILES string of the molecule is COc1ccc(C(NN)c2cc(Br)ccc2N)c(C)c1. The van der Waals surface area contributed by atoms with Crippen molar-refractivity contribution in [2.24, 2.45) is 5.84 Å². The van der Waals surface area contributed by atoms with Gasteiger partial charge < -0.3 is 10.5 Å². The van der Waals surface area contributed by atoms with Crippen LogP contribution in [0.25, 0.3) is 0 Å². The molecular weight excluding hydrogens is 318 g/mol. The highest BCUT2D eigenvalue weighted by molar-refractivity contribution is 9.10. The van der Waals surface area contributed by atoms with Gasteiger partial charge in [0.2, 0.25) is 0 Å². The van der Waals surface area contributed by atoms with Crippen molar-refractivity contribution < 1.29 is 4.74 Å². The van der Waals surface area contributed by atoms with Crippen molar-refractivity contribution in [2.75, 3.05) is 12.8 Å². The molecule has 0 amide bonds. The fraction of sp³-hybridized carbons (Fsp3) is 0.200. The van der Waals surface area contributed by atoms with Crippen LogP contribution in [0.15, 0.2) is 40.9 Å². The van der Waals surface area contributed by atoms with Gasteiger partial charge in [0.05, 0.1) is 13.2 Å². The molecule has 4 nitrogen and oxygen atoms in total. The number of nitrogens with two attached hydrogens (primary N) is 2. The van der Waals surface area contributed by atoms with Crippen LogP contribution in [-0.4, -0.2) is 7.11 Å². The topological polar surface area (TPSA) is 73.3 Å². The van der Waals surface area contributed by atoms with Gasteiger partial charge in [-0.3, -0.25) is 5.84 Å². The number of ether oxygens (including phenoxy) is 1. The lowest BCUT2D eigenvalue weighted by Gasteiger charge is -2.21. The van der Waals surface area contributed by atoms with Gasteiger partial charge in [0, 0.05) is 10.2 Å². The predicted octanol–water partition coefficient (Wildman–Crippen LogP) is 2.90. The van der Waals surface area contributed by atoms with E-state index in [1.54, 1.807) is 7.11 Å². The molecule has 5 heteroatoms. The molecule has 0 aromatic heterocycles. The first-order valence-corrected chi connectivity index (χ1v) is 7.01. The van der Waals surface area contributed by atoms with Gasteiger partial charge in [-0.1, -0.05) is 22.0 Å². The van der Waals surface area contributed by atoms with Crippen LogP contribution >= 0.6 is 15.9 Å². The maximum absolute atomic E-state index is 6.07. The maximum Gasteiger partial charge on any atom is 0.119 e. The van der Waals surface area contributed by atoms with E-state index in [1.165, 1.54) is 0 Å². The number of anilines is 1. The molecule has 20 heavy (non-hydrogen) atoms. The van der Waals surface area contributed by atoms with Gasteiger partial charge in [-0.2, -0.15) is 0 Å². The van der Waals surface area contributed by atoms with E-state index < -0.39 is 0 Å². The zero-order chi connectivity index (χ0) is 14.7. The number of aryl methyl sites for hydroxylation is 1. The minimum Gasteiger partial charge on any atom is -0.497 e. The number of benzene rings is 2. The molecule has 0 saturated heterocycles. The van der Waals surface area contributed by atoms with E-state index in [4.69, 9.17) is 16.3 Å². The first kappa shape index (κ1) is 14.8. The van der Waals surface area contributed by atoms with Gasteiger partial charge in [-0.25, -0.2) is 5.43 Å². The largest absolute Gasteiger partial charge is 0.497 e. The van der Waals surface area contributed by atoms with Crippen LogP contribution in [0.3, 0.4) is 0 Å². The number of nitrogen functional groups attached to an aromatic ring is 1. The number of hydrogen-bond donors (Lipinski definition) is 3. The van der Waals surface area contributed by atoms with E-state index in [0.29, 0.717) is 5.69 Å². The Morgan fingerprint density at radius 1 is 1.15 bits per heavy atom. The van der Waals surface area contributed by atoms with Gasteiger partial charge >= 0.3 is 0 Å². The number of rotatable bonds is 4. The molecule has 106 valence electrons. The van der Waals surface area contributed by atoms with Crippen LogP contribution in [0, 0.1) is 6.92 Å². The van der Waals surface area contributed by atoms with Crippen molar-refractivity contribution in [3.05, 3.63) is 57.6 Å². The first-order valence-electron chi connectivity index (χ1n) is 6.22. The van der Waals surface area contributed by atoms with Crippen molar-refractivity contribution in [1.82, 2.24) is 5.43 Å². The maximum atomic E-state index is 6.07. The minimum absolute atomic E-state index is 0.168. The highest BCUT2D eigenvalue weighted by Crippen LogP contribution is 2.31. The molecule has 1 atom stereocenters. The highest BCUT2D eigenvalue weighted by Gasteiger charge is 2.17. The summed E-state index contributed by atoms with van der Waals surface area (Å²) in [6.07, 6.45) is 0. The second-order valence-corrected chi connectivity index (χ2v) is 5.51. The zero-order valence-corrected chi connectivity index (χ0v) is 13.1. The average molecular weight is 336 g/mol. The van der Waals surface area contributed by atoms with E-state index in [9.17, 15) is 0 Å².